The number of carbonyl (C=O) groups excluding carboxylic acids is 2. The summed E-state index contributed by atoms with van der Waals surface area (Å²) < 4.78 is 7.37. The lowest BCUT2D eigenvalue weighted by atomic mass is 9.48. The number of hydrogen-bond acceptors (Lipinski definition) is 5. The Kier molecular flexibility index (Phi) is 4.18. The Balaban J connectivity index is 1.23. The van der Waals surface area contributed by atoms with Gasteiger partial charge in [-0.1, -0.05) is 0 Å². The lowest BCUT2D eigenvalue weighted by molar-refractivity contribution is -0.152. The van der Waals surface area contributed by atoms with Crippen molar-refractivity contribution >= 4 is 22.7 Å². The van der Waals surface area contributed by atoms with E-state index in [-0.39, 0.29) is 16.8 Å². The van der Waals surface area contributed by atoms with E-state index < -0.39 is 12.1 Å². The van der Waals surface area contributed by atoms with Gasteiger partial charge >= 0.3 is 5.97 Å². The van der Waals surface area contributed by atoms with Gasteiger partial charge in [-0.2, -0.15) is 0 Å². The summed E-state index contributed by atoms with van der Waals surface area (Å²) in [6.07, 6.45) is 7.65. The zero-order valence-electron chi connectivity index (χ0n) is 17.9. The molecule has 1 atom stereocenters. The van der Waals surface area contributed by atoms with Gasteiger partial charge in [0.15, 0.2) is 11.9 Å². The second-order valence-corrected chi connectivity index (χ2v) is 10.4. The Morgan fingerprint density at radius 1 is 1.13 bits per heavy atom. The molecule has 7 rings (SSSR count). The summed E-state index contributed by atoms with van der Waals surface area (Å²) in [7, 11) is 0. The molecular formula is C25H28N2O4. The van der Waals surface area contributed by atoms with Gasteiger partial charge in [0.05, 0.1) is 16.5 Å². The predicted molar refractivity (Wildman–Crippen MR) is 115 cm³/mol. The molecule has 0 spiro atoms. The SMILES string of the molecule is C[C@H](OC(=O)c1ccc2c(=O)n3c(nc2c1)CCC3)C(=O)C12CC3CC(CC(C3)C1)C2. The van der Waals surface area contributed by atoms with Crippen LogP contribution in [0.25, 0.3) is 10.9 Å². The van der Waals surface area contributed by atoms with Gasteiger partial charge in [0.1, 0.15) is 5.82 Å². The molecule has 6 nitrogen and oxygen atoms in total. The minimum atomic E-state index is -0.752. The van der Waals surface area contributed by atoms with Crippen LogP contribution >= 0.6 is 0 Å². The summed E-state index contributed by atoms with van der Waals surface area (Å²) >= 11 is 0. The van der Waals surface area contributed by atoms with Crippen LogP contribution < -0.4 is 5.56 Å². The average Bonchev–Trinajstić information content (AvgIpc) is 3.20. The molecule has 2 heterocycles. The highest BCUT2D eigenvalue weighted by Crippen LogP contribution is 2.60. The normalized spacial score (nSPS) is 31.6. The van der Waals surface area contributed by atoms with Crippen molar-refractivity contribution in [2.75, 3.05) is 0 Å². The van der Waals surface area contributed by atoms with Gasteiger partial charge < -0.3 is 4.74 Å². The van der Waals surface area contributed by atoms with Gasteiger partial charge in [-0.15, -0.1) is 0 Å². The minimum absolute atomic E-state index is 0.0530. The quantitative estimate of drug-likeness (QED) is 0.705. The van der Waals surface area contributed by atoms with Gasteiger partial charge in [0, 0.05) is 18.4 Å². The van der Waals surface area contributed by atoms with Gasteiger partial charge in [-0.05, 0) is 87.8 Å². The molecule has 162 valence electrons. The van der Waals surface area contributed by atoms with Crippen LogP contribution in [0.2, 0.25) is 0 Å². The molecule has 0 amide bonds. The first-order valence-corrected chi connectivity index (χ1v) is 11.7. The zero-order valence-corrected chi connectivity index (χ0v) is 17.9. The van der Waals surface area contributed by atoms with Gasteiger partial charge in [0.2, 0.25) is 0 Å². The van der Waals surface area contributed by atoms with E-state index in [2.05, 4.69) is 4.98 Å². The molecule has 5 aliphatic rings. The molecule has 4 saturated carbocycles. The van der Waals surface area contributed by atoms with Crippen molar-refractivity contribution in [3.63, 3.8) is 0 Å². The number of benzene rings is 1. The summed E-state index contributed by atoms with van der Waals surface area (Å²) in [5.74, 6) is 2.37. The molecule has 4 bridgehead atoms. The molecule has 0 radical (unpaired) electrons. The first kappa shape index (κ1) is 19.2. The number of aromatic nitrogens is 2. The number of Topliss-reactive ketones (excluding diaryl/α,β-unsaturated/α-hetero) is 1. The number of ether oxygens (including phenoxy) is 1. The van der Waals surface area contributed by atoms with Gasteiger partial charge in [-0.3, -0.25) is 14.2 Å². The van der Waals surface area contributed by atoms with Crippen LogP contribution in [0, 0.1) is 23.2 Å². The van der Waals surface area contributed by atoms with E-state index in [1.165, 1.54) is 19.3 Å². The lowest BCUT2D eigenvalue weighted by Crippen LogP contribution is -2.52. The zero-order chi connectivity index (χ0) is 21.3. The maximum absolute atomic E-state index is 13.4. The fraction of sp³-hybridized carbons (Fsp3) is 0.600. The number of esters is 1. The van der Waals surface area contributed by atoms with Crippen molar-refractivity contribution in [2.24, 2.45) is 23.2 Å². The summed E-state index contributed by atoms with van der Waals surface area (Å²) in [6.45, 7) is 2.42. The number of ketones is 1. The summed E-state index contributed by atoms with van der Waals surface area (Å²) in [6, 6.07) is 4.89. The van der Waals surface area contributed by atoms with Crippen LogP contribution in [0.15, 0.2) is 23.0 Å². The van der Waals surface area contributed by atoms with Crippen molar-refractivity contribution in [1.29, 1.82) is 0 Å². The predicted octanol–water partition coefficient (Wildman–Crippen LogP) is 3.67. The van der Waals surface area contributed by atoms with Crippen molar-refractivity contribution in [1.82, 2.24) is 9.55 Å². The largest absolute Gasteiger partial charge is 0.451 e. The third kappa shape index (κ3) is 2.98. The average molecular weight is 421 g/mol. The van der Waals surface area contributed by atoms with E-state index in [4.69, 9.17) is 4.74 Å². The Morgan fingerprint density at radius 3 is 2.48 bits per heavy atom. The summed E-state index contributed by atoms with van der Waals surface area (Å²) in [4.78, 5) is 43.5. The highest BCUT2D eigenvalue weighted by Gasteiger charge is 2.55. The van der Waals surface area contributed by atoms with Gasteiger partial charge in [0.25, 0.3) is 5.56 Å². The smallest absolute Gasteiger partial charge is 0.338 e. The fourth-order valence-corrected chi connectivity index (χ4v) is 7.34. The number of fused-ring (bicyclic) bond motifs is 2. The van der Waals surface area contributed by atoms with Gasteiger partial charge in [-0.25, -0.2) is 9.78 Å². The van der Waals surface area contributed by atoms with Crippen LogP contribution in [0.1, 0.15) is 68.1 Å². The molecule has 6 heteroatoms. The Bertz CT molecular complexity index is 1130. The number of rotatable bonds is 4. The fourth-order valence-electron chi connectivity index (χ4n) is 7.34. The topological polar surface area (TPSA) is 78.3 Å². The number of hydrogen-bond donors (Lipinski definition) is 0. The molecular weight excluding hydrogens is 392 g/mol. The van der Waals surface area contributed by atoms with Crippen LogP contribution in [0.3, 0.4) is 0 Å². The number of carbonyl (C=O) groups is 2. The number of aryl methyl sites for hydroxylation is 1. The van der Waals surface area contributed by atoms with Crippen molar-refractivity contribution in [2.45, 2.75) is 70.9 Å². The Hall–Kier alpha value is -2.50. The highest BCUT2D eigenvalue weighted by atomic mass is 16.5. The van der Waals surface area contributed by atoms with Crippen LogP contribution in [-0.2, 0) is 22.5 Å². The van der Waals surface area contributed by atoms with Crippen LogP contribution in [0.5, 0.6) is 0 Å². The minimum Gasteiger partial charge on any atom is -0.451 e. The Morgan fingerprint density at radius 2 is 1.81 bits per heavy atom. The van der Waals surface area contributed by atoms with E-state index in [0.29, 0.717) is 40.8 Å². The molecule has 31 heavy (non-hydrogen) atoms. The second-order valence-electron chi connectivity index (χ2n) is 10.4. The number of nitrogens with zero attached hydrogens (tertiary/aromatic N) is 2. The molecule has 4 aliphatic carbocycles. The van der Waals surface area contributed by atoms with Crippen molar-refractivity contribution in [3.05, 3.63) is 39.9 Å². The molecule has 4 fully saturated rings. The molecule has 0 saturated heterocycles. The monoisotopic (exact) mass is 420 g/mol. The van der Waals surface area contributed by atoms with E-state index in [0.717, 1.165) is 37.9 Å². The third-order valence-electron chi connectivity index (χ3n) is 8.27. The Labute approximate surface area is 181 Å². The summed E-state index contributed by atoms with van der Waals surface area (Å²) in [5.41, 5.74) is 0.525. The van der Waals surface area contributed by atoms with Crippen LogP contribution in [0.4, 0.5) is 0 Å². The molecule has 1 aromatic carbocycles. The molecule has 2 aromatic rings. The lowest BCUT2D eigenvalue weighted by Gasteiger charge is -2.56. The second kappa shape index (κ2) is 6.75. The molecule has 1 aliphatic heterocycles. The highest BCUT2D eigenvalue weighted by molar-refractivity contribution is 5.97. The standard InChI is InChI=1S/C25H28N2O4/c1-14(22(28)25-11-15-7-16(12-25)9-17(8-15)13-25)31-24(30)18-4-5-19-20(10-18)26-21-3-2-6-27(21)23(19)29/h4-5,10,14-17H,2-3,6-9,11-13H2,1H3/t14-,15?,16?,17?,25?/m0/s1. The molecule has 0 N–H and O–H groups in total. The first-order chi connectivity index (χ1) is 14.9. The molecule has 1 aromatic heterocycles. The molecule has 0 unspecified atom stereocenters. The third-order valence-corrected chi connectivity index (χ3v) is 8.27. The van der Waals surface area contributed by atoms with E-state index in [1.807, 2.05) is 0 Å². The van der Waals surface area contributed by atoms with Crippen LogP contribution in [-0.4, -0.2) is 27.4 Å². The van der Waals surface area contributed by atoms with Crippen molar-refractivity contribution < 1.29 is 14.3 Å². The van der Waals surface area contributed by atoms with E-state index in [1.54, 1.807) is 29.7 Å². The summed E-state index contributed by atoms with van der Waals surface area (Å²) in [5, 5.41) is 0.514. The van der Waals surface area contributed by atoms with E-state index in [9.17, 15) is 14.4 Å². The van der Waals surface area contributed by atoms with E-state index >= 15 is 0 Å². The maximum Gasteiger partial charge on any atom is 0.338 e. The first-order valence-electron chi connectivity index (χ1n) is 11.7. The maximum atomic E-state index is 13.4. The van der Waals surface area contributed by atoms with Crippen molar-refractivity contribution in [3.8, 4) is 0 Å².